The van der Waals surface area contributed by atoms with Crippen LogP contribution in [-0.4, -0.2) is 32.9 Å². The number of hydrogen-bond acceptors (Lipinski definition) is 3. The molecule has 5 heteroatoms. The summed E-state index contributed by atoms with van der Waals surface area (Å²) in [5.41, 5.74) is 1.12. The summed E-state index contributed by atoms with van der Waals surface area (Å²) in [6.07, 6.45) is 5.25. The fourth-order valence-corrected chi connectivity index (χ4v) is 1.97. The number of rotatable bonds is 4. The van der Waals surface area contributed by atoms with Crippen LogP contribution in [0.15, 0.2) is 42.7 Å². The van der Waals surface area contributed by atoms with Gasteiger partial charge in [0, 0.05) is 18.0 Å². The van der Waals surface area contributed by atoms with E-state index in [0.717, 1.165) is 18.5 Å². The summed E-state index contributed by atoms with van der Waals surface area (Å²) in [7, 11) is 0. The van der Waals surface area contributed by atoms with Crippen molar-refractivity contribution < 1.29 is 9.90 Å². The lowest BCUT2D eigenvalue weighted by molar-refractivity contribution is 0.0907. The Hall–Kier alpha value is -2.14. The first-order chi connectivity index (χ1) is 9.22. The van der Waals surface area contributed by atoms with E-state index in [0.29, 0.717) is 5.56 Å². The predicted octanol–water partition coefficient (Wildman–Crippen LogP) is 1.13. The van der Waals surface area contributed by atoms with Crippen LogP contribution in [0.5, 0.6) is 0 Å². The van der Waals surface area contributed by atoms with E-state index in [2.05, 4.69) is 10.4 Å². The molecule has 19 heavy (non-hydrogen) atoms. The molecule has 0 saturated heterocycles. The number of nitrogens with one attached hydrogen (secondary N) is 1. The minimum Gasteiger partial charge on any atom is -0.394 e. The first kappa shape index (κ1) is 11.9. The average molecular weight is 257 g/mol. The quantitative estimate of drug-likeness (QED) is 0.862. The van der Waals surface area contributed by atoms with Gasteiger partial charge in [0.2, 0.25) is 0 Å². The Balaban J connectivity index is 1.74. The Morgan fingerprint density at radius 2 is 2.11 bits per heavy atom. The van der Waals surface area contributed by atoms with Crippen LogP contribution in [0.1, 0.15) is 23.2 Å². The molecule has 0 radical (unpaired) electrons. The van der Waals surface area contributed by atoms with Crippen molar-refractivity contribution in [2.45, 2.75) is 18.4 Å². The molecule has 98 valence electrons. The lowest BCUT2D eigenvalue weighted by Gasteiger charge is -2.14. The molecule has 3 rings (SSSR count). The van der Waals surface area contributed by atoms with Crippen LogP contribution in [0.3, 0.4) is 0 Å². The van der Waals surface area contributed by atoms with Gasteiger partial charge >= 0.3 is 0 Å². The maximum Gasteiger partial charge on any atom is 0.251 e. The van der Waals surface area contributed by atoms with Crippen molar-refractivity contribution in [3.05, 3.63) is 48.3 Å². The van der Waals surface area contributed by atoms with Crippen LogP contribution >= 0.6 is 0 Å². The Morgan fingerprint density at radius 3 is 2.63 bits per heavy atom. The molecule has 2 N–H and O–H groups in total. The van der Waals surface area contributed by atoms with Gasteiger partial charge in [-0.1, -0.05) is 0 Å². The zero-order valence-electron chi connectivity index (χ0n) is 10.4. The molecule has 1 aromatic carbocycles. The monoisotopic (exact) mass is 257 g/mol. The molecule has 0 aliphatic heterocycles. The van der Waals surface area contributed by atoms with Gasteiger partial charge in [-0.25, -0.2) is 4.68 Å². The van der Waals surface area contributed by atoms with Crippen molar-refractivity contribution in [3.63, 3.8) is 0 Å². The van der Waals surface area contributed by atoms with Crippen molar-refractivity contribution in [3.8, 4) is 5.69 Å². The first-order valence-corrected chi connectivity index (χ1v) is 6.26. The number of aliphatic hydroxyl groups is 1. The first-order valence-electron chi connectivity index (χ1n) is 6.26. The molecular formula is C14H15N3O2. The van der Waals surface area contributed by atoms with E-state index in [1.54, 1.807) is 23.0 Å². The number of amides is 1. The molecule has 5 nitrogen and oxygen atoms in total. The lowest BCUT2D eigenvalue weighted by Crippen LogP contribution is -2.39. The van der Waals surface area contributed by atoms with Crippen LogP contribution in [-0.2, 0) is 0 Å². The van der Waals surface area contributed by atoms with Crippen molar-refractivity contribution in [1.29, 1.82) is 0 Å². The van der Waals surface area contributed by atoms with Gasteiger partial charge in [-0.05, 0) is 43.2 Å². The van der Waals surface area contributed by atoms with Crippen molar-refractivity contribution in [1.82, 2.24) is 15.1 Å². The van der Waals surface area contributed by atoms with Gasteiger partial charge in [0.05, 0.1) is 17.8 Å². The maximum atomic E-state index is 12.0. The van der Waals surface area contributed by atoms with Crippen LogP contribution in [0, 0.1) is 0 Å². The molecule has 0 spiro atoms. The molecule has 2 aromatic rings. The van der Waals surface area contributed by atoms with E-state index in [4.69, 9.17) is 0 Å². The van der Waals surface area contributed by atoms with E-state index in [1.807, 2.05) is 24.4 Å². The normalized spacial score (nSPS) is 16.1. The van der Waals surface area contributed by atoms with E-state index >= 15 is 0 Å². The number of hydrogen-bond donors (Lipinski definition) is 2. The highest BCUT2D eigenvalue weighted by Crippen LogP contribution is 2.34. The van der Waals surface area contributed by atoms with Gasteiger partial charge in [-0.2, -0.15) is 5.10 Å². The van der Waals surface area contributed by atoms with Crippen LogP contribution in [0.2, 0.25) is 0 Å². The molecule has 1 fully saturated rings. The van der Waals surface area contributed by atoms with E-state index in [-0.39, 0.29) is 18.1 Å². The molecule has 1 saturated carbocycles. The number of nitrogens with zero attached hydrogens (tertiary/aromatic N) is 2. The highest BCUT2D eigenvalue weighted by atomic mass is 16.3. The summed E-state index contributed by atoms with van der Waals surface area (Å²) in [6.45, 7) is 0.00408. The second kappa shape index (κ2) is 4.51. The molecule has 1 aliphatic carbocycles. The second-order valence-electron chi connectivity index (χ2n) is 4.89. The molecule has 1 amide bonds. The Bertz CT molecular complexity index is 571. The minimum atomic E-state index is -0.377. The predicted molar refractivity (Wildman–Crippen MR) is 70.1 cm³/mol. The summed E-state index contributed by atoms with van der Waals surface area (Å²) >= 11 is 0. The van der Waals surface area contributed by atoms with Gasteiger partial charge in [0.1, 0.15) is 0 Å². The molecule has 0 atom stereocenters. The topological polar surface area (TPSA) is 67.2 Å². The average Bonchev–Trinajstić information content (AvgIpc) is 3.01. The summed E-state index contributed by atoms with van der Waals surface area (Å²) in [4.78, 5) is 12.0. The third kappa shape index (κ3) is 2.37. The third-order valence-electron chi connectivity index (χ3n) is 3.43. The van der Waals surface area contributed by atoms with Crippen LogP contribution in [0.25, 0.3) is 5.69 Å². The maximum absolute atomic E-state index is 12.0. The SMILES string of the molecule is O=C(NC1(CO)CC1)c1ccc(-n2cccn2)cc1. The fraction of sp³-hybridized carbons (Fsp3) is 0.286. The number of carbonyl (C=O) groups excluding carboxylic acids is 1. The smallest absolute Gasteiger partial charge is 0.251 e. The number of carbonyl (C=O) groups is 1. The number of aromatic nitrogens is 2. The van der Waals surface area contributed by atoms with Crippen LogP contribution in [0.4, 0.5) is 0 Å². The summed E-state index contributed by atoms with van der Waals surface area (Å²) in [5, 5.41) is 16.2. The molecule has 0 bridgehead atoms. The van der Waals surface area contributed by atoms with Gasteiger partial charge < -0.3 is 10.4 Å². The molecular weight excluding hydrogens is 242 g/mol. The highest BCUT2D eigenvalue weighted by molar-refractivity contribution is 5.95. The molecule has 1 aromatic heterocycles. The number of benzene rings is 1. The largest absolute Gasteiger partial charge is 0.394 e. The van der Waals surface area contributed by atoms with Crippen LogP contribution < -0.4 is 5.32 Å². The Morgan fingerprint density at radius 1 is 1.37 bits per heavy atom. The zero-order valence-corrected chi connectivity index (χ0v) is 10.4. The van der Waals surface area contributed by atoms with E-state index in [1.165, 1.54) is 0 Å². The summed E-state index contributed by atoms with van der Waals surface area (Å²) < 4.78 is 1.73. The highest BCUT2D eigenvalue weighted by Gasteiger charge is 2.43. The van der Waals surface area contributed by atoms with Gasteiger partial charge in [-0.15, -0.1) is 0 Å². The molecule has 0 unspecified atom stereocenters. The van der Waals surface area contributed by atoms with Crippen molar-refractivity contribution in [2.24, 2.45) is 0 Å². The lowest BCUT2D eigenvalue weighted by atomic mass is 10.1. The molecule has 1 heterocycles. The van der Waals surface area contributed by atoms with Gasteiger partial charge in [-0.3, -0.25) is 4.79 Å². The van der Waals surface area contributed by atoms with Gasteiger partial charge in [0.25, 0.3) is 5.91 Å². The van der Waals surface area contributed by atoms with E-state index in [9.17, 15) is 9.90 Å². The zero-order chi connectivity index (χ0) is 13.3. The minimum absolute atomic E-state index is 0.00408. The number of aliphatic hydroxyl groups excluding tert-OH is 1. The summed E-state index contributed by atoms with van der Waals surface area (Å²) in [5.74, 6) is -0.140. The Kier molecular flexibility index (Phi) is 2.83. The van der Waals surface area contributed by atoms with Crippen molar-refractivity contribution in [2.75, 3.05) is 6.61 Å². The van der Waals surface area contributed by atoms with E-state index < -0.39 is 0 Å². The second-order valence-corrected chi connectivity index (χ2v) is 4.89. The fourth-order valence-electron chi connectivity index (χ4n) is 1.97. The Labute approximate surface area is 110 Å². The van der Waals surface area contributed by atoms with Crippen molar-refractivity contribution >= 4 is 5.91 Å². The van der Waals surface area contributed by atoms with Gasteiger partial charge in [0.15, 0.2) is 0 Å². The standard InChI is InChI=1S/C14H15N3O2/c18-10-14(6-7-14)16-13(19)11-2-4-12(5-3-11)17-9-1-8-15-17/h1-5,8-9,18H,6-7,10H2,(H,16,19). The molecule has 1 aliphatic rings. The summed E-state index contributed by atoms with van der Waals surface area (Å²) in [6, 6.07) is 9.07. The third-order valence-corrected chi connectivity index (χ3v) is 3.43.